The predicted molar refractivity (Wildman–Crippen MR) is 124 cm³/mol. The molecule has 0 bridgehead atoms. The molecule has 2 N–H and O–H groups in total. The Labute approximate surface area is 184 Å². The second-order valence-electron chi connectivity index (χ2n) is 5.41. The highest BCUT2D eigenvalue weighted by atomic mass is 79.9. The molecule has 2 aromatic rings. The highest BCUT2D eigenvalue weighted by molar-refractivity contribution is 9.09. The van der Waals surface area contributed by atoms with Crippen molar-refractivity contribution in [3.05, 3.63) is 48.5 Å². The van der Waals surface area contributed by atoms with Crippen LogP contribution in [0.15, 0.2) is 58.3 Å². The minimum absolute atomic E-state index is 0.0549. The maximum absolute atomic E-state index is 11.6. The fourth-order valence-corrected chi connectivity index (χ4v) is 4.56. The van der Waals surface area contributed by atoms with Crippen LogP contribution in [0, 0.1) is 0 Å². The Hall–Kier alpha value is -0.960. The zero-order chi connectivity index (χ0) is 19.5. The van der Waals surface area contributed by atoms with E-state index in [2.05, 4.69) is 42.5 Å². The van der Waals surface area contributed by atoms with Gasteiger partial charge in [0.25, 0.3) is 0 Å². The topological polar surface area (TPSA) is 58.2 Å². The van der Waals surface area contributed by atoms with Gasteiger partial charge in [-0.3, -0.25) is 9.59 Å². The molecule has 0 radical (unpaired) electrons. The van der Waals surface area contributed by atoms with Gasteiger partial charge < -0.3 is 10.6 Å². The van der Waals surface area contributed by atoms with Gasteiger partial charge in [0.15, 0.2) is 0 Å². The van der Waals surface area contributed by atoms with Crippen LogP contribution in [0.3, 0.4) is 0 Å². The van der Waals surface area contributed by atoms with E-state index in [-0.39, 0.29) is 22.5 Å². The standard InChI is InChI=1S/C19H20Br2N2O2S2/c20-12-18(24)22-14-6-1-3-8-16(14)26-10-5-11-27-17-9-4-2-7-15(17)23-19(25)13-21/h1-4,6-9H,5,10-13H2,(H,22,24)(H,23,25). The molecule has 0 aromatic heterocycles. The van der Waals surface area contributed by atoms with Crippen LogP contribution >= 0.6 is 55.4 Å². The summed E-state index contributed by atoms with van der Waals surface area (Å²) in [6.07, 6.45) is 1.01. The van der Waals surface area contributed by atoms with E-state index in [1.54, 1.807) is 23.5 Å². The van der Waals surface area contributed by atoms with E-state index in [0.717, 1.165) is 39.1 Å². The van der Waals surface area contributed by atoms with Crippen molar-refractivity contribution in [3.8, 4) is 0 Å². The fraction of sp³-hybridized carbons (Fsp3) is 0.263. The number of alkyl halides is 2. The van der Waals surface area contributed by atoms with E-state index in [0.29, 0.717) is 0 Å². The molecule has 0 unspecified atom stereocenters. The summed E-state index contributed by atoms with van der Waals surface area (Å²) >= 11 is 9.80. The highest BCUT2D eigenvalue weighted by Crippen LogP contribution is 2.30. The molecule has 4 nitrogen and oxygen atoms in total. The molecule has 2 aromatic carbocycles. The number of para-hydroxylation sites is 2. The lowest BCUT2D eigenvalue weighted by molar-refractivity contribution is -0.114. The molecule has 2 amide bonds. The average Bonchev–Trinajstić information content (AvgIpc) is 2.69. The van der Waals surface area contributed by atoms with Crippen molar-refractivity contribution in [1.29, 1.82) is 0 Å². The number of hydrogen-bond donors (Lipinski definition) is 2. The number of hydrogen-bond acceptors (Lipinski definition) is 4. The summed E-state index contributed by atoms with van der Waals surface area (Å²) in [7, 11) is 0. The number of carbonyl (C=O) groups is 2. The molecule has 0 saturated heterocycles. The minimum atomic E-state index is -0.0549. The van der Waals surface area contributed by atoms with Crippen LogP contribution in [0.1, 0.15) is 6.42 Å². The van der Waals surface area contributed by atoms with Gasteiger partial charge in [-0.05, 0) is 42.2 Å². The maximum atomic E-state index is 11.6. The number of anilines is 2. The van der Waals surface area contributed by atoms with Crippen molar-refractivity contribution >= 4 is 78.6 Å². The quantitative estimate of drug-likeness (QED) is 0.237. The first-order chi connectivity index (χ1) is 13.1. The maximum Gasteiger partial charge on any atom is 0.235 e. The second kappa shape index (κ2) is 12.5. The van der Waals surface area contributed by atoms with E-state index >= 15 is 0 Å². The molecule has 0 aliphatic heterocycles. The van der Waals surface area contributed by atoms with Crippen molar-refractivity contribution in [3.63, 3.8) is 0 Å². The zero-order valence-corrected chi connectivity index (χ0v) is 19.3. The molecule has 0 saturated carbocycles. The Morgan fingerprint density at radius 2 is 1.15 bits per heavy atom. The number of thioether (sulfide) groups is 2. The van der Waals surface area contributed by atoms with Crippen LogP contribution in [-0.4, -0.2) is 34.0 Å². The summed E-state index contributed by atoms with van der Waals surface area (Å²) in [4.78, 5) is 25.3. The number of amides is 2. The number of carbonyl (C=O) groups excluding carboxylic acids is 2. The number of rotatable bonds is 10. The van der Waals surface area contributed by atoms with Gasteiger partial charge in [0.05, 0.1) is 22.0 Å². The van der Waals surface area contributed by atoms with Crippen LogP contribution in [0.25, 0.3) is 0 Å². The number of benzene rings is 2. The van der Waals surface area contributed by atoms with Crippen LogP contribution < -0.4 is 10.6 Å². The zero-order valence-electron chi connectivity index (χ0n) is 14.5. The molecule has 0 atom stereocenters. The van der Waals surface area contributed by atoms with Crippen molar-refractivity contribution in [1.82, 2.24) is 0 Å². The lowest BCUT2D eigenvalue weighted by atomic mass is 10.3. The van der Waals surface area contributed by atoms with Gasteiger partial charge in [-0.1, -0.05) is 56.1 Å². The van der Waals surface area contributed by atoms with Crippen LogP contribution in [0.4, 0.5) is 11.4 Å². The third kappa shape index (κ3) is 7.89. The molecular weight excluding hydrogens is 512 g/mol. The molecule has 27 heavy (non-hydrogen) atoms. The molecule has 0 aliphatic rings. The smallest absolute Gasteiger partial charge is 0.235 e. The fourth-order valence-electron chi connectivity index (χ4n) is 2.18. The van der Waals surface area contributed by atoms with E-state index in [4.69, 9.17) is 0 Å². The van der Waals surface area contributed by atoms with E-state index in [1.165, 1.54) is 0 Å². The number of nitrogens with one attached hydrogen (secondary N) is 2. The summed E-state index contributed by atoms with van der Waals surface area (Å²) in [6, 6.07) is 15.7. The summed E-state index contributed by atoms with van der Waals surface area (Å²) in [5, 5.41) is 6.38. The Morgan fingerprint density at radius 1 is 0.741 bits per heavy atom. The lowest BCUT2D eigenvalue weighted by Crippen LogP contribution is -2.13. The van der Waals surface area contributed by atoms with Crippen LogP contribution in [-0.2, 0) is 9.59 Å². The summed E-state index contributed by atoms with van der Waals surface area (Å²) in [5.41, 5.74) is 1.70. The molecule has 0 spiro atoms. The highest BCUT2D eigenvalue weighted by Gasteiger charge is 2.07. The normalized spacial score (nSPS) is 10.4. The van der Waals surface area contributed by atoms with Crippen molar-refractivity contribution < 1.29 is 9.59 Å². The second-order valence-corrected chi connectivity index (χ2v) is 8.80. The lowest BCUT2D eigenvalue weighted by Gasteiger charge is -2.11. The van der Waals surface area contributed by atoms with Gasteiger partial charge in [0, 0.05) is 9.79 Å². The summed E-state index contributed by atoms with van der Waals surface area (Å²) < 4.78 is 0. The molecule has 0 heterocycles. The third-order valence-electron chi connectivity index (χ3n) is 3.37. The van der Waals surface area contributed by atoms with Crippen molar-refractivity contribution in [2.75, 3.05) is 32.8 Å². The van der Waals surface area contributed by atoms with Crippen LogP contribution in [0.5, 0.6) is 0 Å². The van der Waals surface area contributed by atoms with E-state index in [9.17, 15) is 9.59 Å². The molecule has 8 heteroatoms. The molecule has 144 valence electrons. The summed E-state index contributed by atoms with van der Waals surface area (Å²) in [6.45, 7) is 0. The first-order valence-electron chi connectivity index (χ1n) is 8.29. The van der Waals surface area contributed by atoms with Crippen molar-refractivity contribution in [2.24, 2.45) is 0 Å². The molecule has 2 rings (SSSR count). The Balaban J connectivity index is 1.82. The summed E-state index contributed by atoms with van der Waals surface area (Å²) in [5.74, 6) is 1.79. The van der Waals surface area contributed by atoms with Gasteiger partial charge in [-0.2, -0.15) is 0 Å². The number of halogens is 2. The predicted octanol–water partition coefficient (Wildman–Crippen LogP) is 5.63. The third-order valence-corrected chi connectivity index (χ3v) is 6.71. The van der Waals surface area contributed by atoms with Gasteiger partial charge >= 0.3 is 0 Å². The van der Waals surface area contributed by atoms with Crippen LogP contribution in [0.2, 0.25) is 0 Å². The first kappa shape index (κ1) is 22.3. The van der Waals surface area contributed by atoms with Crippen molar-refractivity contribution in [2.45, 2.75) is 16.2 Å². The van der Waals surface area contributed by atoms with Gasteiger partial charge in [-0.15, -0.1) is 23.5 Å². The van der Waals surface area contributed by atoms with E-state index in [1.807, 2.05) is 48.5 Å². The first-order valence-corrected chi connectivity index (χ1v) is 12.5. The Morgan fingerprint density at radius 3 is 1.56 bits per heavy atom. The minimum Gasteiger partial charge on any atom is -0.324 e. The Kier molecular flexibility index (Phi) is 10.3. The monoisotopic (exact) mass is 530 g/mol. The van der Waals surface area contributed by atoms with Gasteiger partial charge in [-0.25, -0.2) is 0 Å². The molecular formula is C19H20Br2N2O2S2. The average molecular weight is 532 g/mol. The molecule has 0 fully saturated rings. The van der Waals surface area contributed by atoms with Gasteiger partial charge in [0.2, 0.25) is 11.8 Å². The van der Waals surface area contributed by atoms with Gasteiger partial charge in [0.1, 0.15) is 0 Å². The van der Waals surface area contributed by atoms with E-state index < -0.39 is 0 Å². The SMILES string of the molecule is O=C(CBr)Nc1ccccc1SCCCSc1ccccc1NC(=O)CBr. The Bertz CT molecular complexity index is 711. The largest absolute Gasteiger partial charge is 0.324 e. The molecule has 0 aliphatic carbocycles.